The highest BCUT2D eigenvalue weighted by Crippen LogP contribution is 2.36. The van der Waals surface area contributed by atoms with Gasteiger partial charge in [0.15, 0.2) is 0 Å². The quantitative estimate of drug-likeness (QED) is 0.429. The molecule has 0 aliphatic carbocycles. The number of aromatic amines is 1. The summed E-state index contributed by atoms with van der Waals surface area (Å²) in [6.45, 7) is 2.97. The van der Waals surface area contributed by atoms with Crippen LogP contribution in [0, 0.1) is 5.92 Å². The van der Waals surface area contributed by atoms with Crippen LogP contribution in [0.25, 0.3) is 0 Å². The summed E-state index contributed by atoms with van der Waals surface area (Å²) in [5.41, 5.74) is -1.32. The van der Waals surface area contributed by atoms with Gasteiger partial charge >= 0.3 is 11.7 Å². The van der Waals surface area contributed by atoms with Crippen LogP contribution in [0.3, 0.4) is 0 Å². The summed E-state index contributed by atoms with van der Waals surface area (Å²) in [7, 11) is 0. The lowest BCUT2D eigenvalue weighted by Crippen LogP contribution is -2.35. The fraction of sp³-hybridized carbons (Fsp3) is 0.500. The summed E-state index contributed by atoms with van der Waals surface area (Å²) in [6.07, 6.45) is -0.735. The van der Waals surface area contributed by atoms with Crippen molar-refractivity contribution in [2.75, 3.05) is 13.2 Å². The van der Waals surface area contributed by atoms with Gasteiger partial charge in [-0.25, -0.2) is 4.79 Å². The zero-order valence-corrected chi connectivity index (χ0v) is 12.3. The molecule has 1 aliphatic heterocycles. The Morgan fingerprint density at radius 3 is 2.87 bits per heavy atom. The van der Waals surface area contributed by atoms with E-state index in [1.807, 2.05) is 0 Å². The SMILES string of the molecule is C=CCOC(=O)C[C@@H]1[C@H](O)[C@@H](CO)O[C@H]1n1ccc(=O)[nH]c1=O. The molecule has 2 rings (SSSR count). The molecule has 1 aromatic rings. The minimum absolute atomic E-state index is 0.0230. The van der Waals surface area contributed by atoms with Crippen LogP contribution < -0.4 is 11.2 Å². The summed E-state index contributed by atoms with van der Waals surface area (Å²) < 4.78 is 11.4. The second-order valence-electron chi connectivity index (χ2n) is 5.10. The van der Waals surface area contributed by atoms with Crippen molar-refractivity contribution in [3.63, 3.8) is 0 Å². The summed E-state index contributed by atoms with van der Waals surface area (Å²) in [5, 5.41) is 19.4. The van der Waals surface area contributed by atoms with Crippen molar-refractivity contribution >= 4 is 5.97 Å². The van der Waals surface area contributed by atoms with Crippen molar-refractivity contribution in [1.29, 1.82) is 0 Å². The van der Waals surface area contributed by atoms with E-state index in [0.717, 1.165) is 10.6 Å². The zero-order valence-electron chi connectivity index (χ0n) is 12.3. The number of nitrogens with zero attached hydrogens (tertiary/aromatic N) is 1. The lowest BCUT2D eigenvalue weighted by atomic mass is 9.96. The fourth-order valence-electron chi connectivity index (χ4n) is 2.48. The number of aromatic nitrogens is 2. The molecule has 3 N–H and O–H groups in total. The van der Waals surface area contributed by atoms with Crippen molar-refractivity contribution < 1.29 is 24.5 Å². The van der Waals surface area contributed by atoms with E-state index in [0.29, 0.717) is 0 Å². The maximum absolute atomic E-state index is 11.9. The summed E-state index contributed by atoms with van der Waals surface area (Å²) in [6, 6.07) is 1.12. The second kappa shape index (κ2) is 7.36. The predicted octanol–water partition coefficient (Wildman–Crippen LogP) is -1.48. The second-order valence-corrected chi connectivity index (χ2v) is 5.10. The molecule has 1 saturated heterocycles. The summed E-state index contributed by atoms with van der Waals surface area (Å²) >= 11 is 0. The number of esters is 1. The van der Waals surface area contributed by atoms with Crippen LogP contribution >= 0.6 is 0 Å². The predicted molar refractivity (Wildman–Crippen MR) is 77.6 cm³/mol. The smallest absolute Gasteiger partial charge is 0.330 e. The molecule has 23 heavy (non-hydrogen) atoms. The molecule has 0 spiro atoms. The number of aliphatic hydroxyl groups excluding tert-OH is 2. The highest BCUT2D eigenvalue weighted by atomic mass is 16.5. The van der Waals surface area contributed by atoms with Crippen LogP contribution in [0.5, 0.6) is 0 Å². The van der Waals surface area contributed by atoms with Crippen molar-refractivity contribution in [3.05, 3.63) is 45.8 Å². The number of nitrogens with one attached hydrogen (secondary N) is 1. The molecular formula is C14H18N2O7. The van der Waals surface area contributed by atoms with E-state index >= 15 is 0 Å². The average molecular weight is 326 g/mol. The molecule has 0 radical (unpaired) electrons. The third kappa shape index (κ3) is 3.76. The highest BCUT2D eigenvalue weighted by Gasteiger charge is 2.45. The maximum Gasteiger partial charge on any atom is 0.330 e. The van der Waals surface area contributed by atoms with Gasteiger partial charge in [0.25, 0.3) is 5.56 Å². The minimum Gasteiger partial charge on any atom is -0.461 e. The van der Waals surface area contributed by atoms with E-state index in [4.69, 9.17) is 9.47 Å². The molecule has 1 aliphatic rings. The molecule has 1 aromatic heterocycles. The Kier molecular flexibility index (Phi) is 5.48. The number of hydrogen-bond donors (Lipinski definition) is 3. The van der Waals surface area contributed by atoms with Gasteiger partial charge in [-0.2, -0.15) is 0 Å². The number of carbonyl (C=O) groups is 1. The molecule has 0 aromatic carbocycles. The number of ether oxygens (including phenoxy) is 2. The first-order valence-electron chi connectivity index (χ1n) is 7.00. The number of H-pyrrole nitrogens is 1. The molecule has 2 heterocycles. The molecular weight excluding hydrogens is 308 g/mol. The Hall–Kier alpha value is -2.23. The molecule has 0 saturated carbocycles. The number of aliphatic hydroxyl groups is 2. The van der Waals surface area contributed by atoms with E-state index in [-0.39, 0.29) is 13.0 Å². The Bertz CT molecular complexity index is 680. The van der Waals surface area contributed by atoms with Crippen LogP contribution in [-0.4, -0.2) is 51.2 Å². The van der Waals surface area contributed by atoms with Gasteiger partial charge in [0.05, 0.1) is 19.1 Å². The first-order valence-corrected chi connectivity index (χ1v) is 7.00. The molecule has 126 valence electrons. The Labute approximate surface area is 130 Å². The Morgan fingerprint density at radius 1 is 1.52 bits per heavy atom. The average Bonchev–Trinajstić information content (AvgIpc) is 2.82. The molecule has 0 unspecified atom stereocenters. The molecule has 0 amide bonds. The van der Waals surface area contributed by atoms with E-state index in [9.17, 15) is 24.6 Å². The van der Waals surface area contributed by atoms with Crippen LogP contribution in [0.15, 0.2) is 34.5 Å². The first-order chi connectivity index (χ1) is 11.0. The summed E-state index contributed by atoms with van der Waals surface area (Å²) in [4.78, 5) is 36.9. The van der Waals surface area contributed by atoms with Gasteiger partial charge in [0.2, 0.25) is 0 Å². The fourth-order valence-corrected chi connectivity index (χ4v) is 2.48. The van der Waals surface area contributed by atoms with Crippen LogP contribution in [0.2, 0.25) is 0 Å². The third-order valence-corrected chi connectivity index (χ3v) is 3.57. The highest BCUT2D eigenvalue weighted by molar-refractivity contribution is 5.70. The minimum atomic E-state index is -1.17. The van der Waals surface area contributed by atoms with E-state index in [2.05, 4.69) is 11.6 Å². The van der Waals surface area contributed by atoms with Crippen LogP contribution in [0.4, 0.5) is 0 Å². The third-order valence-electron chi connectivity index (χ3n) is 3.57. The van der Waals surface area contributed by atoms with Crippen LogP contribution in [0.1, 0.15) is 12.6 Å². The van der Waals surface area contributed by atoms with E-state index in [1.54, 1.807) is 0 Å². The molecule has 9 heteroatoms. The van der Waals surface area contributed by atoms with Gasteiger partial charge in [-0.15, -0.1) is 0 Å². The monoisotopic (exact) mass is 326 g/mol. The Balaban J connectivity index is 2.27. The zero-order chi connectivity index (χ0) is 17.0. The number of rotatable bonds is 6. The van der Waals surface area contributed by atoms with Gasteiger partial charge in [0, 0.05) is 18.2 Å². The van der Waals surface area contributed by atoms with Crippen molar-refractivity contribution in [1.82, 2.24) is 9.55 Å². The first kappa shape index (κ1) is 17.1. The normalized spacial score (nSPS) is 26.9. The maximum atomic E-state index is 11.9. The van der Waals surface area contributed by atoms with Crippen molar-refractivity contribution in [3.8, 4) is 0 Å². The topological polar surface area (TPSA) is 131 Å². The molecule has 0 bridgehead atoms. The lowest BCUT2D eigenvalue weighted by molar-refractivity contribution is -0.145. The van der Waals surface area contributed by atoms with Crippen molar-refractivity contribution in [2.24, 2.45) is 5.92 Å². The van der Waals surface area contributed by atoms with Crippen molar-refractivity contribution in [2.45, 2.75) is 24.9 Å². The Morgan fingerprint density at radius 2 is 2.26 bits per heavy atom. The molecule has 9 nitrogen and oxygen atoms in total. The van der Waals surface area contributed by atoms with Gasteiger partial charge in [0.1, 0.15) is 18.9 Å². The largest absolute Gasteiger partial charge is 0.461 e. The molecule has 1 fully saturated rings. The van der Waals surface area contributed by atoms with E-state index < -0.39 is 48.2 Å². The summed E-state index contributed by atoms with van der Waals surface area (Å²) in [5.74, 6) is -1.41. The van der Waals surface area contributed by atoms with Gasteiger partial charge < -0.3 is 19.7 Å². The number of carbonyl (C=O) groups excluding carboxylic acids is 1. The van der Waals surface area contributed by atoms with Gasteiger partial charge in [-0.3, -0.25) is 19.1 Å². The van der Waals surface area contributed by atoms with Gasteiger partial charge in [-0.05, 0) is 0 Å². The number of hydrogen-bond acceptors (Lipinski definition) is 7. The molecule has 4 atom stereocenters. The lowest BCUT2D eigenvalue weighted by Gasteiger charge is -2.20. The standard InChI is InChI=1S/C14H18N2O7/c1-2-5-22-11(19)6-8-12(20)9(7-17)23-13(8)16-4-3-10(18)15-14(16)21/h2-4,8-9,12-13,17,20H,1,5-7H2,(H,15,18,21)/t8-,9-,12+,13-/m1/s1. The van der Waals surface area contributed by atoms with Gasteiger partial charge in [-0.1, -0.05) is 12.7 Å². The van der Waals surface area contributed by atoms with E-state index in [1.165, 1.54) is 12.3 Å². The van der Waals surface area contributed by atoms with Crippen LogP contribution in [-0.2, 0) is 14.3 Å².